The molecule has 0 unspecified atom stereocenters. The van der Waals surface area contributed by atoms with Crippen LogP contribution in [0.2, 0.25) is 0 Å². The predicted molar refractivity (Wildman–Crippen MR) is 145 cm³/mol. The van der Waals surface area contributed by atoms with Gasteiger partial charge >= 0.3 is 0 Å². The van der Waals surface area contributed by atoms with Crippen molar-refractivity contribution in [2.45, 2.75) is 40.7 Å². The average molecular weight is 554 g/mol. The van der Waals surface area contributed by atoms with E-state index in [9.17, 15) is 0 Å². The number of fused-ring (bicyclic) bond motifs is 1. The van der Waals surface area contributed by atoms with Gasteiger partial charge in [0.25, 0.3) is 0 Å². The van der Waals surface area contributed by atoms with Crippen molar-refractivity contribution in [2.75, 3.05) is 30.4 Å². The summed E-state index contributed by atoms with van der Waals surface area (Å²) in [6.07, 6.45) is 3.00. The van der Waals surface area contributed by atoms with E-state index in [2.05, 4.69) is 96.6 Å². The average Bonchev–Trinajstić information content (AvgIpc) is 3.09. The Morgan fingerprint density at radius 1 is 1.03 bits per heavy atom. The molecule has 3 heterocycles. The molecular weight excluding hydrogens is 523 g/mol. The van der Waals surface area contributed by atoms with Gasteiger partial charge < -0.3 is 9.80 Å². The quantitative estimate of drug-likeness (QED) is 0.270. The van der Waals surface area contributed by atoms with Crippen molar-refractivity contribution in [1.82, 2.24) is 19.6 Å². The van der Waals surface area contributed by atoms with Gasteiger partial charge in [-0.15, -0.1) is 0 Å². The molecule has 7 heteroatoms. The minimum atomic E-state index is 0.829. The van der Waals surface area contributed by atoms with Gasteiger partial charge in [-0.2, -0.15) is 9.61 Å². The Kier molecular flexibility index (Phi) is 6.88. The topological polar surface area (TPSA) is 49.6 Å². The molecule has 0 N–H and O–H groups in total. The van der Waals surface area contributed by atoms with Gasteiger partial charge in [0, 0.05) is 54.3 Å². The molecule has 172 valence electrons. The standard InChI is InChI=1S/C26H31IN6/c1-7-12-32(16-20-8-10-21(27)11-9-20)24-14-18(3)29-26-25(19(4)30-33(24)26)22-15-28-23(31(5)6)13-17(22)2/h8-11,13-15H,7,12,16H2,1-6H3. The van der Waals surface area contributed by atoms with Crippen LogP contribution in [0.4, 0.5) is 11.6 Å². The smallest absolute Gasteiger partial charge is 0.165 e. The molecule has 0 radical (unpaired) electrons. The summed E-state index contributed by atoms with van der Waals surface area (Å²) in [6.45, 7) is 10.2. The molecule has 0 aliphatic heterocycles. The molecular formula is C26H31IN6. The number of anilines is 2. The third-order valence-electron chi connectivity index (χ3n) is 5.80. The number of benzene rings is 1. The first-order valence-electron chi connectivity index (χ1n) is 11.3. The molecule has 0 atom stereocenters. The normalized spacial score (nSPS) is 11.2. The van der Waals surface area contributed by atoms with E-state index in [1.54, 1.807) is 0 Å². The summed E-state index contributed by atoms with van der Waals surface area (Å²) in [4.78, 5) is 14.0. The molecule has 0 amide bonds. The van der Waals surface area contributed by atoms with Crippen LogP contribution in [-0.4, -0.2) is 40.2 Å². The lowest BCUT2D eigenvalue weighted by atomic mass is 10.0. The number of aryl methyl sites for hydroxylation is 3. The maximum absolute atomic E-state index is 4.96. The number of halogens is 1. The molecule has 4 rings (SSSR count). The number of nitrogens with zero attached hydrogens (tertiary/aromatic N) is 6. The highest BCUT2D eigenvalue weighted by molar-refractivity contribution is 14.1. The Hall–Kier alpha value is -2.68. The van der Waals surface area contributed by atoms with Crippen molar-refractivity contribution < 1.29 is 0 Å². The lowest BCUT2D eigenvalue weighted by Crippen LogP contribution is -2.26. The second-order valence-electron chi connectivity index (χ2n) is 8.75. The van der Waals surface area contributed by atoms with Crippen molar-refractivity contribution in [3.63, 3.8) is 0 Å². The van der Waals surface area contributed by atoms with E-state index in [1.807, 2.05) is 29.7 Å². The fraction of sp³-hybridized carbons (Fsp3) is 0.346. The fourth-order valence-corrected chi connectivity index (χ4v) is 4.53. The molecule has 6 nitrogen and oxygen atoms in total. The number of hydrogen-bond acceptors (Lipinski definition) is 5. The lowest BCUT2D eigenvalue weighted by molar-refractivity contribution is 0.728. The van der Waals surface area contributed by atoms with Crippen LogP contribution < -0.4 is 9.80 Å². The van der Waals surface area contributed by atoms with Gasteiger partial charge in [0.15, 0.2) is 5.65 Å². The fourth-order valence-electron chi connectivity index (χ4n) is 4.17. The number of pyridine rings is 1. The van der Waals surface area contributed by atoms with E-state index in [0.29, 0.717) is 0 Å². The van der Waals surface area contributed by atoms with Gasteiger partial charge in [0.1, 0.15) is 11.6 Å². The highest BCUT2D eigenvalue weighted by Crippen LogP contribution is 2.33. The van der Waals surface area contributed by atoms with Gasteiger partial charge in [-0.1, -0.05) is 19.1 Å². The second-order valence-corrected chi connectivity index (χ2v) is 10.00. The van der Waals surface area contributed by atoms with Crippen molar-refractivity contribution in [3.8, 4) is 11.1 Å². The summed E-state index contributed by atoms with van der Waals surface area (Å²) in [6, 6.07) is 13.0. The minimum Gasteiger partial charge on any atom is -0.363 e. The number of aromatic nitrogens is 4. The first kappa shape index (κ1) is 23.5. The van der Waals surface area contributed by atoms with Crippen molar-refractivity contribution in [1.29, 1.82) is 0 Å². The SMILES string of the molecule is CCCN(Cc1ccc(I)cc1)c1cc(C)nc2c(-c3cnc(N(C)C)cc3C)c(C)nn12. The molecule has 0 spiro atoms. The van der Waals surface area contributed by atoms with E-state index in [-0.39, 0.29) is 0 Å². The van der Waals surface area contributed by atoms with Crippen molar-refractivity contribution in [2.24, 2.45) is 0 Å². The largest absolute Gasteiger partial charge is 0.363 e. The van der Waals surface area contributed by atoms with E-state index in [4.69, 9.17) is 10.1 Å². The molecule has 1 aromatic carbocycles. The van der Waals surface area contributed by atoms with Crippen LogP contribution in [0, 0.1) is 24.3 Å². The van der Waals surface area contributed by atoms with Crippen LogP contribution in [0.5, 0.6) is 0 Å². The van der Waals surface area contributed by atoms with Crippen molar-refractivity contribution >= 4 is 39.9 Å². The molecule has 3 aromatic heterocycles. The second kappa shape index (κ2) is 9.67. The molecule has 0 saturated heterocycles. The summed E-state index contributed by atoms with van der Waals surface area (Å²) in [7, 11) is 4.02. The van der Waals surface area contributed by atoms with E-state index < -0.39 is 0 Å². The van der Waals surface area contributed by atoms with Gasteiger partial charge in [-0.3, -0.25) is 0 Å². The minimum absolute atomic E-state index is 0.829. The summed E-state index contributed by atoms with van der Waals surface area (Å²) in [5, 5.41) is 4.96. The van der Waals surface area contributed by atoms with Crippen molar-refractivity contribution in [3.05, 3.63) is 68.7 Å². The van der Waals surface area contributed by atoms with Gasteiger partial charge in [0.05, 0.1) is 11.3 Å². The maximum atomic E-state index is 4.96. The Morgan fingerprint density at radius 3 is 2.39 bits per heavy atom. The van der Waals surface area contributed by atoms with Gasteiger partial charge in [-0.25, -0.2) is 9.97 Å². The first-order valence-corrected chi connectivity index (χ1v) is 12.4. The van der Waals surface area contributed by atoms with Gasteiger partial charge in [0.2, 0.25) is 0 Å². The first-order chi connectivity index (χ1) is 15.8. The third-order valence-corrected chi connectivity index (χ3v) is 6.52. The lowest BCUT2D eigenvalue weighted by Gasteiger charge is -2.25. The zero-order chi connectivity index (χ0) is 23.7. The Balaban J connectivity index is 1.84. The summed E-state index contributed by atoms with van der Waals surface area (Å²) in [5.41, 5.74) is 7.42. The molecule has 0 saturated carbocycles. The predicted octanol–water partition coefficient (Wildman–Crippen LogP) is 5.80. The Labute approximate surface area is 209 Å². The van der Waals surface area contributed by atoms with Gasteiger partial charge in [-0.05, 0) is 79.1 Å². The van der Waals surface area contributed by atoms with Crippen LogP contribution in [0.15, 0.2) is 42.6 Å². The third kappa shape index (κ3) is 4.83. The summed E-state index contributed by atoms with van der Waals surface area (Å²) < 4.78 is 3.26. The molecule has 0 fully saturated rings. The molecule has 0 aliphatic carbocycles. The molecule has 0 bridgehead atoms. The molecule has 0 aliphatic rings. The summed E-state index contributed by atoms with van der Waals surface area (Å²) in [5.74, 6) is 2.02. The maximum Gasteiger partial charge on any atom is 0.165 e. The molecule has 33 heavy (non-hydrogen) atoms. The van der Waals surface area contributed by atoms with Crippen LogP contribution >= 0.6 is 22.6 Å². The van der Waals surface area contributed by atoms with Crippen LogP contribution in [0.3, 0.4) is 0 Å². The Bertz CT molecular complexity index is 1280. The zero-order valence-corrected chi connectivity index (χ0v) is 22.4. The highest BCUT2D eigenvalue weighted by Gasteiger charge is 2.21. The van der Waals surface area contributed by atoms with E-state index in [0.717, 1.165) is 59.3 Å². The highest BCUT2D eigenvalue weighted by atomic mass is 127. The zero-order valence-electron chi connectivity index (χ0n) is 20.2. The summed E-state index contributed by atoms with van der Waals surface area (Å²) >= 11 is 2.35. The van der Waals surface area contributed by atoms with Crippen LogP contribution in [0.25, 0.3) is 16.8 Å². The molecule has 4 aromatic rings. The van der Waals surface area contributed by atoms with E-state index in [1.165, 1.54) is 14.7 Å². The number of hydrogen-bond donors (Lipinski definition) is 0. The van der Waals surface area contributed by atoms with Crippen LogP contribution in [-0.2, 0) is 6.54 Å². The monoisotopic (exact) mass is 554 g/mol. The Morgan fingerprint density at radius 2 is 1.76 bits per heavy atom. The van der Waals surface area contributed by atoms with E-state index >= 15 is 0 Å². The number of rotatable bonds is 7. The van der Waals surface area contributed by atoms with Crippen LogP contribution in [0.1, 0.15) is 35.9 Å².